The Morgan fingerprint density at radius 1 is 1.20 bits per heavy atom. The minimum Gasteiger partial charge on any atom is -0.326 e. The standard InChI is InChI=1S/C12H25N3/c1-2-3-4-5-11(13)12-10-14-6-8-15(12)9-7-14/h11-12H,2-10,13H2,1H3. The molecule has 2 N–H and O–H groups in total. The Balaban J connectivity index is 1.77. The molecule has 3 nitrogen and oxygen atoms in total. The molecular weight excluding hydrogens is 186 g/mol. The lowest BCUT2D eigenvalue weighted by Crippen LogP contribution is -2.65. The first kappa shape index (κ1) is 11.4. The number of unbranched alkanes of at least 4 members (excludes halogenated alkanes) is 2. The van der Waals surface area contributed by atoms with Gasteiger partial charge < -0.3 is 5.73 Å². The maximum absolute atomic E-state index is 6.31. The van der Waals surface area contributed by atoms with Gasteiger partial charge in [-0.15, -0.1) is 0 Å². The molecule has 0 aliphatic carbocycles. The molecule has 15 heavy (non-hydrogen) atoms. The highest BCUT2D eigenvalue weighted by atomic mass is 15.3. The SMILES string of the molecule is CCCCCC(N)C1CN2CCN1CC2. The highest BCUT2D eigenvalue weighted by Crippen LogP contribution is 2.19. The third kappa shape index (κ3) is 2.71. The van der Waals surface area contributed by atoms with Crippen LogP contribution >= 0.6 is 0 Å². The van der Waals surface area contributed by atoms with Gasteiger partial charge in [0, 0.05) is 44.8 Å². The van der Waals surface area contributed by atoms with Gasteiger partial charge in [0.25, 0.3) is 0 Å². The maximum Gasteiger partial charge on any atom is 0.0375 e. The molecule has 0 radical (unpaired) electrons. The van der Waals surface area contributed by atoms with Crippen LogP contribution in [0, 0.1) is 0 Å². The van der Waals surface area contributed by atoms with Crippen LogP contribution in [0.4, 0.5) is 0 Å². The zero-order chi connectivity index (χ0) is 10.7. The third-order valence-electron chi connectivity index (χ3n) is 3.96. The van der Waals surface area contributed by atoms with Crippen LogP contribution in [0.15, 0.2) is 0 Å². The van der Waals surface area contributed by atoms with E-state index in [0.29, 0.717) is 12.1 Å². The molecule has 0 aromatic rings. The number of fused-ring (bicyclic) bond motifs is 3. The highest BCUT2D eigenvalue weighted by molar-refractivity contribution is 4.93. The first-order valence-corrected chi connectivity index (χ1v) is 6.53. The van der Waals surface area contributed by atoms with Crippen LogP contribution < -0.4 is 5.73 Å². The minimum atomic E-state index is 0.402. The lowest BCUT2D eigenvalue weighted by atomic mass is 9.96. The molecule has 0 aromatic carbocycles. The molecule has 3 aliphatic rings. The summed E-state index contributed by atoms with van der Waals surface area (Å²) in [6, 6.07) is 1.05. The Bertz CT molecular complexity index is 187. The van der Waals surface area contributed by atoms with E-state index >= 15 is 0 Å². The first-order valence-electron chi connectivity index (χ1n) is 6.53. The van der Waals surface area contributed by atoms with Crippen molar-refractivity contribution in [1.29, 1.82) is 0 Å². The molecule has 3 aliphatic heterocycles. The summed E-state index contributed by atoms with van der Waals surface area (Å²) in [5.41, 5.74) is 6.31. The van der Waals surface area contributed by atoms with E-state index in [1.165, 1.54) is 58.4 Å². The third-order valence-corrected chi connectivity index (χ3v) is 3.96. The van der Waals surface area contributed by atoms with Gasteiger partial charge in [0.1, 0.15) is 0 Å². The normalized spacial score (nSPS) is 36.8. The van der Waals surface area contributed by atoms with E-state index in [2.05, 4.69) is 16.7 Å². The minimum absolute atomic E-state index is 0.402. The van der Waals surface area contributed by atoms with Crippen molar-refractivity contribution < 1.29 is 0 Å². The molecule has 3 rings (SSSR count). The van der Waals surface area contributed by atoms with Crippen molar-refractivity contribution >= 4 is 0 Å². The fourth-order valence-corrected chi connectivity index (χ4v) is 2.89. The van der Waals surface area contributed by atoms with Crippen molar-refractivity contribution in [3.05, 3.63) is 0 Å². The monoisotopic (exact) mass is 211 g/mol. The Hall–Kier alpha value is -0.120. The number of hydrogen-bond donors (Lipinski definition) is 1. The molecule has 0 amide bonds. The van der Waals surface area contributed by atoms with E-state index in [0.717, 1.165) is 0 Å². The van der Waals surface area contributed by atoms with Gasteiger partial charge >= 0.3 is 0 Å². The van der Waals surface area contributed by atoms with Gasteiger partial charge in [-0.1, -0.05) is 26.2 Å². The lowest BCUT2D eigenvalue weighted by molar-refractivity contribution is 0.00113. The molecule has 0 aromatic heterocycles. The number of nitrogens with zero attached hydrogens (tertiary/aromatic N) is 2. The number of rotatable bonds is 5. The summed E-state index contributed by atoms with van der Waals surface area (Å²) in [4.78, 5) is 5.18. The van der Waals surface area contributed by atoms with Crippen LogP contribution in [0.3, 0.4) is 0 Å². The molecule has 2 unspecified atom stereocenters. The van der Waals surface area contributed by atoms with E-state index < -0.39 is 0 Å². The molecule has 2 bridgehead atoms. The molecule has 88 valence electrons. The number of hydrogen-bond acceptors (Lipinski definition) is 3. The van der Waals surface area contributed by atoms with Crippen LogP contribution in [0.2, 0.25) is 0 Å². The van der Waals surface area contributed by atoms with E-state index in [4.69, 9.17) is 5.73 Å². The molecule has 3 heteroatoms. The summed E-state index contributed by atoms with van der Waals surface area (Å²) in [5, 5.41) is 0. The lowest BCUT2D eigenvalue weighted by Gasteiger charge is -2.49. The molecular formula is C12H25N3. The van der Waals surface area contributed by atoms with Gasteiger partial charge in [0.2, 0.25) is 0 Å². The molecule has 0 saturated carbocycles. The van der Waals surface area contributed by atoms with E-state index in [-0.39, 0.29) is 0 Å². The predicted octanol–water partition coefficient (Wildman–Crippen LogP) is 0.894. The second kappa shape index (κ2) is 5.28. The predicted molar refractivity (Wildman–Crippen MR) is 63.9 cm³/mol. The second-order valence-corrected chi connectivity index (χ2v) is 5.06. The van der Waals surface area contributed by atoms with Crippen molar-refractivity contribution in [2.75, 3.05) is 32.7 Å². The van der Waals surface area contributed by atoms with Gasteiger partial charge in [-0.25, -0.2) is 0 Å². The van der Waals surface area contributed by atoms with Gasteiger partial charge in [0.15, 0.2) is 0 Å². The maximum atomic E-state index is 6.31. The van der Waals surface area contributed by atoms with Crippen LogP contribution in [0.25, 0.3) is 0 Å². The smallest absolute Gasteiger partial charge is 0.0375 e. The van der Waals surface area contributed by atoms with Gasteiger partial charge in [-0.2, -0.15) is 0 Å². The van der Waals surface area contributed by atoms with Crippen LogP contribution in [-0.4, -0.2) is 54.6 Å². The molecule has 0 spiro atoms. The number of piperazine rings is 3. The van der Waals surface area contributed by atoms with E-state index in [1.54, 1.807) is 0 Å². The fourth-order valence-electron chi connectivity index (χ4n) is 2.89. The van der Waals surface area contributed by atoms with Crippen LogP contribution in [0.5, 0.6) is 0 Å². The summed E-state index contributed by atoms with van der Waals surface area (Å²) in [6.45, 7) is 8.48. The Labute approximate surface area is 93.6 Å². The highest BCUT2D eigenvalue weighted by Gasteiger charge is 2.34. The van der Waals surface area contributed by atoms with Crippen molar-refractivity contribution in [1.82, 2.24) is 9.80 Å². The first-order chi connectivity index (χ1) is 7.31. The van der Waals surface area contributed by atoms with Crippen LogP contribution in [0.1, 0.15) is 32.6 Å². The molecule has 3 fully saturated rings. The van der Waals surface area contributed by atoms with Gasteiger partial charge in [0.05, 0.1) is 0 Å². The average Bonchev–Trinajstić information content (AvgIpc) is 2.30. The van der Waals surface area contributed by atoms with Crippen LogP contribution in [-0.2, 0) is 0 Å². The molecule has 3 heterocycles. The summed E-state index contributed by atoms with van der Waals surface area (Å²) in [7, 11) is 0. The molecule has 3 saturated heterocycles. The van der Waals surface area contributed by atoms with Crippen molar-refractivity contribution in [2.24, 2.45) is 5.73 Å². The molecule has 2 atom stereocenters. The van der Waals surface area contributed by atoms with Crippen molar-refractivity contribution in [3.63, 3.8) is 0 Å². The average molecular weight is 211 g/mol. The van der Waals surface area contributed by atoms with Crippen molar-refractivity contribution in [3.8, 4) is 0 Å². The quantitative estimate of drug-likeness (QED) is 0.686. The second-order valence-electron chi connectivity index (χ2n) is 5.06. The van der Waals surface area contributed by atoms with E-state index in [1.807, 2.05) is 0 Å². The fraction of sp³-hybridized carbons (Fsp3) is 1.00. The summed E-state index contributed by atoms with van der Waals surface area (Å²) in [6.07, 6.45) is 5.15. The van der Waals surface area contributed by atoms with Gasteiger partial charge in [-0.05, 0) is 6.42 Å². The van der Waals surface area contributed by atoms with Crippen molar-refractivity contribution in [2.45, 2.75) is 44.7 Å². The summed E-state index contributed by atoms with van der Waals surface area (Å²) < 4.78 is 0. The Morgan fingerprint density at radius 3 is 2.47 bits per heavy atom. The number of nitrogens with two attached hydrogens (primary N) is 1. The zero-order valence-electron chi connectivity index (χ0n) is 9.99. The topological polar surface area (TPSA) is 32.5 Å². The summed E-state index contributed by atoms with van der Waals surface area (Å²) in [5.74, 6) is 0. The Kier molecular flexibility index (Phi) is 4.00. The zero-order valence-corrected chi connectivity index (χ0v) is 9.99. The van der Waals surface area contributed by atoms with E-state index in [9.17, 15) is 0 Å². The largest absolute Gasteiger partial charge is 0.326 e. The van der Waals surface area contributed by atoms with Gasteiger partial charge in [-0.3, -0.25) is 9.80 Å². The Morgan fingerprint density at radius 2 is 1.93 bits per heavy atom. The summed E-state index contributed by atoms with van der Waals surface area (Å²) >= 11 is 0.